The lowest BCUT2D eigenvalue weighted by molar-refractivity contribution is -0.140. The fourth-order valence-electron chi connectivity index (χ4n) is 4.03. The van der Waals surface area contributed by atoms with E-state index in [0.29, 0.717) is 22.0 Å². The van der Waals surface area contributed by atoms with E-state index in [4.69, 9.17) is 23.2 Å². The summed E-state index contributed by atoms with van der Waals surface area (Å²) in [6, 6.07) is 20.2. The van der Waals surface area contributed by atoms with Gasteiger partial charge in [0.1, 0.15) is 12.6 Å². The fourth-order valence-corrected chi connectivity index (χ4v) is 5.78. The van der Waals surface area contributed by atoms with Gasteiger partial charge in [0.25, 0.3) is 10.0 Å². The maximum atomic E-state index is 14.0. The minimum absolute atomic E-state index is 0.0325. The molecule has 1 N–H and O–H groups in total. The topological polar surface area (TPSA) is 86.8 Å². The number of anilines is 1. The van der Waals surface area contributed by atoms with Crippen molar-refractivity contribution in [2.24, 2.45) is 0 Å². The summed E-state index contributed by atoms with van der Waals surface area (Å²) in [6.07, 6.45) is 1.05. The smallest absolute Gasteiger partial charge is 0.264 e. The Kier molecular flexibility index (Phi) is 10.8. The number of carbonyl (C=O) groups excluding carboxylic acids is 2. The quantitative estimate of drug-likeness (QED) is 0.284. The Labute approximate surface area is 240 Å². The first-order chi connectivity index (χ1) is 18.6. The summed E-state index contributed by atoms with van der Waals surface area (Å²) in [5.41, 5.74) is 0.915. The van der Waals surface area contributed by atoms with Crippen molar-refractivity contribution in [3.05, 3.63) is 94.5 Å². The third-order valence-electron chi connectivity index (χ3n) is 6.41. The van der Waals surface area contributed by atoms with Gasteiger partial charge in [0.05, 0.1) is 10.6 Å². The van der Waals surface area contributed by atoms with Crippen LogP contribution in [0, 0.1) is 0 Å². The van der Waals surface area contributed by atoms with E-state index in [-0.39, 0.29) is 29.1 Å². The molecular formula is C29H33Cl2N3O4S. The lowest BCUT2D eigenvalue weighted by atomic mass is 10.1. The van der Waals surface area contributed by atoms with Crippen molar-refractivity contribution in [1.29, 1.82) is 0 Å². The first kappa shape index (κ1) is 30.5. The molecule has 0 spiro atoms. The van der Waals surface area contributed by atoms with Crippen molar-refractivity contribution in [2.75, 3.05) is 10.8 Å². The van der Waals surface area contributed by atoms with Crippen LogP contribution in [-0.4, -0.2) is 43.8 Å². The molecule has 0 aromatic heterocycles. The molecule has 0 saturated heterocycles. The van der Waals surface area contributed by atoms with Gasteiger partial charge >= 0.3 is 0 Å². The van der Waals surface area contributed by atoms with Gasteiger partial charge in [0, 0.05) is 22.6 Å². The summed E-state index contributed by atoms with van der Waals surface area (Å²) in [5.74, 6) is -0.855. The highest BCUT2D eigenvalue weighted by atomic mass is 35.5. The molecule has 208 valence electrons. The Hall–Kier alpha value is -3.07. The van der Waals surface area contributed by atoms with Gasteiger partial charge in [-0.3, -0.25) is 13.9 Å². The third kappa shape index (κ3) is 7.75. The number of halogens is 2. The maximum absolute atomic E-state index is 14.0. The van der Waals surface area contributed by atoms with Crippen molar-refractivity contribution in [3.8, 4) is 0 Å². The Morgan fingerprint density at radius 3 is 2.08 bits per heavy atom. The first-order valence-corrected chi connectivity index (χ1v) is 14.9. The van der Waals surface area contributed by atoms with Crippen molar-refractivity contribution >= 4 is 50.7 Å². The Morgan fingerprint density at radius 2 is 1.49 bits per heavy atom. The normalized spacial score (nSPS) is 12.8. The van der Waals surface area contributed by atoms with E-state index in [0.717, 1.165) is 10.7 Å². The highest BCUT2D eigenvalue weighted by molar-refractivity contribution is 7.92. The first-order valence-electron chi connectivity index (χ1n) is 12.7. The van der Waals surface area contributed by atoms with Gasteiger partial charge in [-0.2, -0.15) is 0 Å². The molecule has 3 aromatic rings. The van der Waals surface area contributed by atoms with Crippen LogP contribution >= 0.6 is 23.2 Å². The average molecular weight is 591 g/mol. The van der Waals surface area contributed by atoms with E-state index < -0.39 is 28.5 Å². The number of amides is 2. The van der Waals surface area contributed by atoms with Crippen LogP contribution in [0.5, 0.6) is 0 Å². The molecule has 0 saturated carbocycles. The predicted molar refractivity (Wildman–Crippen MR) is 156 cm³/mol. The van der Waals surface area contributed by atoms with Gasteiger partial charge in [-0.05, 0) is 67.8 Å². The fraction of sp³-hybridized carbons (Fsp3) is 0.310. The van der Waals surface area contributed by atoms with E-state index in [2.05, 4.69) is 5.32 Å². The van der Waals surface area contributed by atoms with E-state index in [9.17, 15) is 18.0 Å². The van der Waals surface area contributed by atoms with Gasteiger partial charge in [0.2, 0.25) is 11.8 Å². The van der Waals surface area contributed by atoms with Crippen molar-refractivity contribution in [3.63, 3.8) is 0 Å². The summed E-state index contributed by atoms with van der Waals surface area (Å²) >= 11 is 12.5. The number of benzene rings is 3. The van der Waals surface area contributed by atoms with Crippen molar-refractivity contribution < 1.29 is 18.0 Å². The SMILES string of the molecule is CC[C@H](C(=O)N[C@@H](C)CC)N(Cc1ccccc1Cl)C(=O)CN(c1ccc(Cl)cc1)S(=O)(=O)c1ccccc1. The van der Waals surface area contributed by atoms with Crippen molar-refractivity contribution in [2.45, 2.75) is 57.1 Å². The molecule has 7 nitrogen and oxygen atoms in total. The minimum atomic E-state index is -4.14. The zero-order chi connectivity index (χ0) is 28.6. The number of nitrogens with one attached hydrogen (secondary N) is 1. The summed E-state index contributed by atoms with van der Waals surface area (Å²) in [4.78, 5) is 28.7. The van der Waals surface area contributed by atoms with Crippen molar-refractivity contribution in [1.82, 2.24) is 10.2 Å². The predicted octanol–water partition coefficient (Wildman–Crippen LogP) is 5.91. The molecule has 0 radical (unpaired) electrons. The van der Waals surface area contributed by atoms with Gasteiger partial charge in [-0.15, -0.1) is 0 Å². The molecule has 10 heteroatoms. The molecule has 0 unspecified atom stereocenters. The van der Waals surface area contributed by atoms with E-state index >= 15 is 0 Å². The van der Waals surface area contributed by atoms with Crippen LogP contribution in [0.3, 0.4) is 0 Å². The van der Waals surface area contributed by atoms with Crippen LogP contribution in [0.15, 0.2) is 83.8 Å². The zero-order valence-electron chi connectivity index (χ0n) is 22.2. The number of hydrogen-bond donors (Lipinski definition) is 1. The lowest BCUT2D eigenvalue weighted by Crippen LogP contribution is -2.53. The molecule has 0 aliphatic rings. The monoisotopic (exact) mass is 589 g/mol. The Morgan fingerprint density at radius 1 is 0.872 bits per heavy atom. The number of sulfonamides is 1. The van der Waals surface area contributed by atoms with Crippen LogP contribution in [0.1, 0.15) is 39.2 Å². The van der Waals surface area contributed by atoms with E-state index in [1.54, 1.807) is 66.7 Å². The maximum Gasteiger partial charge on any atom is 0.264 e. The summed E-state index contributed by atoms with van der Waals surface area (Å²) < 4.78 is 28.6. The highest BCUT2D eigenvalue weighted by Gasteiger charge is 2.34. The number of nitrogens with zero attached hydrogens (tertiary/aromatic N) is 2. The number of carbonyl (C=O) groups is 2. The molecule has 0 bridgehead atoms. The second-order valence-corrected chi connectivity index (χ2v) is 11.9. The minimum Gasteiger partial charge on any atom is -0.352 e. The number of hydrogen-bond acceptors (Lipinski definition) is 4. The van der Waals surface area contributed by atoms with Crippen LogP contribution < -0.4 is 9.62 Å². The largest absolute Gasteiger partial charge is 0.352 e. The Balaban J connectivity index is 2.05. The molecule has 0 aliphatic heterocycles. The second kappa shape index (κ2) is 13.8. The van der Waals surface area contributed by atoms with Gasteiger partial charge in [-0.1, -0.05) is 73.4 Å². The standard InChI is InChI=1S/C29H33Cl2N3O4S/c1-4-21(3)32-29(36)27(5-2)33(19-22-11-9-10-14-26(22)31)28(35)20-34(24-17-15-23(30)16-18-24)39(37,38)25-12-7-6-8-13-25/h6-18,21,27H,4-5,19-20H2,1-3H3,(H,32,36)/t21-,27+/m0/s1. The van der Waals surface area contributed by atoms with Gasteiger partial charge in [-0.25, -0.2) is 8.42 Å². The van der Waals surface area contributed by atoms with Crippen LogP contribution in [0.25, 0.3) is 0 Å². The summed E-state index contributed by atoms with van der Waals surface area (Å²) in [5, 5.41) is 3.82. The summed E-state index contributed by atoms with van der Waals surface area (Å²) in [6.45, 7) is 5.16. The zero-order valence-corrected chi connectivity index (χ0v) is 24.5. The Bertz CT molecular complexity index is 1370. The van der Waals surface area contributed by atoms with Crippen LogP contribution in [0.4, 0.5) is 5.69 Å². The molecule has 0 aliphatic carbocycles. The molecule has 39 heavy (non-hydrogen) atoms. The highest BCUT2D eigenvalue weighted by Crippen LogP contribution is 2.27. The lowest BCUT2D eigenvalue weighted by Gasteiger charge is -2.34. The molecular weight excluding hydrogens is 557 g/mol. The van der Waals surface area contributed by atoms with E-state index in [1.807, 2.05) is 20.8 Å². The molecule has 3 aromatic carbocycles. The van der Waals surface area contributed by atoms with Crippen LogP contribution in [0.2, 0.25) is 10.0 Å². The third-order valence-corrected chi connectivity index (χ3v) is 8.82. The van der Waals surface area contributed by atoms with Gasteiger partial charge < -0.3 is 10.2 Å². The van der Waals surface area contributed by atoms with Crippen LogP contribution in [-0.2, 0) is 26.2 Å². The second-order valence-electron chi connectivity index (χ2n) is 9.16. The summed E-state index contributed by atoms with van der Waals surface area (Å²) in [7, 11) is -4.14. The number of rotatable bonds is 12. The molecule has 2 amide bonds. The van der Waals surface area contributed by atoms with E-state index in [1.165, 1.54) is 17.0 Å². The van der Waals surface area contributed by atoms with Gasteiger partial charge in [0.15, 0.2) is 0 Å². The average Bonchev–Trinajstić information content (AvgIpc) is 2.93. The molecule has 0 heterocycles. The molecule has 2 atom stereocenters. The molecule has 3 rings (SSSR count). The molecule has 0 fully saturated rings.